The monoisotopic (exact) mass is 310 g/mol. The highest BCUT2D eigenvalue weighted by atomic mass is 16.5. The van der Waals surface area contributed by atoms with E-state index in [1.54, 1.807) is 7.05 Å². The third kappa shape index (κ3) is 3.71. The molecule has 0 aliphatic carbocycles. The standard InChI is InChI=1S/C19H22N2O2/c1-13-9-17-10-16(7-8-18(17)23-13)15-5-3-14(4-6-15)11-21-19(22)12-20-2/h3-8,10,13,20H,9,11-12H2,1-2H3,(H,21,22). The molecular formula is C19H22N2O2. The van der Waals surface area contributed by atoms with Crippen LogP contribution in [0.25, 0.3) is 11.1 Å². The summed E-state index contributed by atoms with van der Waals surface area (Å²) in [6, 6.07) is 14.7. The predicted octanol–water partition coefficient (Wildman–Crippen LogP) is 2.51. The largest absolute Gasteiger partial charge is 0.490 e. The molecule has 1 amide bonds. The summed E-state index contributed by atoms with van der Waals surface area (Å²) in [7, 11) is 1.76. The van der Waals surface area contributed by atoms with E-state index in [-0.39, 0.29) is 12.0 Å². The summed E-state index contributed by atoms with van der Waals surface area (Å²) in [5, 5.41) is 5.72. The Bertz CT molecular complexity index is 695. The molecule has 0 radical (unpaired) electrons. The predicted molar refractivity (Wildman–Crippen MR) is 91.4 cm³/mol. The van der Waals surface area contributed by atoms with Crippen LogP contribution in [0.2, 0.25) is 0 Å². The Morgan fingerprint density at radius 3 is 2.65 bits per heavy atom. The Morgan fingerprint density at radius 2 is 1.91 bits per heavy atom. The quantitative estimate of drug-likeness (QED) is 0.892. The van der Waals surface area contributed by atoms with Crippen LogP contribution in [0.4, 0.5) is 0 Å². The molecule has 1 unspecified atom stereocenters. The van der Waals surface area contributed by atoms with E-state index >= 15 is 0 Å². The first-order valence-corrected chi connectivity index (χ1v) is 7.96. The van der Waals surface area contributed by atoms with Gasteiger partial charge in [-0.15, -0.1) is 0 Å². The summed E-state index contributed by atoms with van der Waals surface area (Å²) in [4.78, 5) is 11.5. The van der Waals surface area contributed by atoms with Crippen molar-refractivity contribution in [3.63, 3.8) is 0 Å². The molecule has 2 aromatic rings. The van der Waals surface area contributed by atoms with Gasteiger partial charge in [-0.05, 0) is 48.4 Å². The van der Waals surface area contributed by atoms with Gasteiger partial charge in [-0.2, -0.15) is 0 Å². The number of benzene rings is 2. The molecule has 120 valence electrons. The average Bonchev–Trinajstić information content (AvgIpc) is 2.93. The van der Waals surface area contributed by atoms with Crippen LogP contribution in [0, 0.1) is 0 Å². The molecule has 1 aliphatic rings. The Hall–Kier alpha value is -2.33. The summed E-state index contributed by atoms with van der Waals surface area (Å²) in [6.07, 6.45) is 1.24. The SMILES string of the molecule is CNCC(=O)NCc1ccc(-c2ccc3c(c2)CC(C)O3)cc1. The van der Waals surface area contributed by atoms with E-state index in [0.717, 1.165) is 17.7 Å². The van der Waals surface area contributed by atoms with Gasteiger partial charge in [0.05, 0.1) is 6.54 Å². The Morgan fingerprint density at radius 1 is 1.17 bits per heavy atom. The normalized spacial score (nSPS) is 15.8. The topological polar surface area (TPSA) is 50.4 Å². The second-order valence-electron chi connectivity index (χ2n) is 5.96. The smallest absolute Gasteiger partial charge is 0.234 e. The molecule has 2 aromatic carbocycles. The number of carbonyl (C=O) groups is 1. The van der Waals surface area contributed by atoms with E-state index < -0.39 is 0 Å². The Balaban J connectivity index is 1.68. The van der Waals surface area contributed by atoms with E-state index in [9.17, 15) is 4.79 Å². The number of hydrogen-bond acceptors (Lipinski definition) is 3. The number of hydrogen-bond donors (Lipinski definition) is 2. The van der Waals surface area contributed by atoms with Crippen LogP contribution in [0.15, 0.2) is 42.5 Å². The maximum absolute atomic E-state index is 11.5. The average molecular weight is 310 g/mol. The maximum atomic E-state index is 11.5. The van der Waals surface area contributed by atoms with Gasteiger partial charge in [0.1, 0.15) is 11.9 Å². The zero-order chi connectivity index (χ0) is 16.2. The second kappa shape index (κ2) is 6.84. The second-order valence-corrected chi connectivity index (χ2v) is 5.96. The lowest BCUT2D eigenvalue weighted by Crippen LogP contribution is -2.31. The maximum Gasteiger partial charge on any atom is 0.234 e. The van der Waals surface area contributed by atoms with Gasteiger partial charge in [0.25, 0.3) is 0 Å². The van der Waals surface area contributed by atoms with E-state index in [1.807, 2.05) is 0 Å². The number of fused-ring (bicyclic) bond motifs is 1. The zero-order valence-corrected chi connectivity index (χ0v) is 13.6. The Labute approximate surface area is 136 Å². The van der Waals surface area contributed by atoms with Crippen molar-refractivity contribution in [1.82, 2.24) is 10.6 Å². The molecule has 0 saturated heterocycles. The van der Waals surface area contributed by atoms with Gasteiger partial charge < -0.3 is 15.4 Å². The van der Waals surface area contributed by atoms with Crippen LogP contribution in [0.1, 0.15) is 18.1 Å². The number of nitrogens with one attached hydrogen (secondary N) is 2. The minimum Gasteiger partial charge on any atom is -0.490 e. The molecule has 4 nitrogen and oxygen atoms in total. The van der Waals surface area contributed by atoms with Crippen molar-refractivity contribution in [2.24, 2.45) is 0 Å². The molecule has 2 N–H and O–H groups in total. The van der Waals surface area contributed by atoms with Crippen LogP contribution in [0.5, 0.6) is 5.75 Å². The number of carbonyl (C=O) groups excluding carboxylic acids is 1. The first-order valence-electron chi connectivity index (χ1n) is 7.96. The number of ether oxygens (including phenoxy) is 1. The van der Waals surface area contributed by atoms with Crippen molar-refractivity contribution >= 4 is 5.91 Å². The lowest BCUT2D eigenvalue weighted by molar-refractivity contribution is -0.120. The number of rotatable bonds is 5. The van der Waals surface area contributed by atoms with Gasteiger partial charge >= 0.3 is 0 Å². The highest BCUT2D eigenvalue weighted by Gasteiger charge is 2.19. The molecule has 0 fully saturated rings. The van der Waals surface area contributed by atoms with Crippen LogP contribution < -0.4 is 15.4 Å². The van der Waals surface area contributed by atoms with Crippen LogP contribution in [0.3, 0.4) is 0 Å². The number of likely N-dealkylation sites (N-methyl/N-ethyl adjacent to an activating group) is 1. The molecule has 1 aliphatic heterocycles. The Kier molecular flexibility index (Phi) is 4.63. The minimum atomic E-state index is 0.00400. The van der Waals surface area contributed by atoms with Crippen LogP contribution in [-0.4, -0.2) is 25.6 Å². The summed E-state index contributed by atoms with van der Waals surface area (Å²) in [6.45, 7) is 2.99. The van der Waals surface area contributed by atoms with E-state index in [4.69, 9.17) is 4.74 Å². The third-order valence-electron chi connectivity index (χ3n) is 4.01. The van der Waals surface area contributed by atoms with Crippen molar-refractivity contribution in [2.75, 3.05) is 13.6 Å². The van der Waals surface area contributed by atoms with Crippen molar-refractivity contribution in [3.05, 3.63) is 53.6 Å². The van der Waals surface area contributed by atoms with Gasteiger partial charge in [-0.1, -0.05) is 30.3 Å². The van der Waals surface area contributed by atoms with Crippen molar-refractivity contribution in [3.8, 4) is 16.9 Å². The zero-order valence-electron chi connectivity index (χ0n) is 13.6. The molecule has 0 spiro atoms. The summed E-state index contributed by atoms with van der Waals surface area (Å²) in [5.74, 6) is 1.01. The summed E-state index contributed by atoms with van der Waals surface area (Å²) in [5.41, 5.74) is 4.75. The molecule has 4 heteroatoms. The fourth-order valence-corrected chi connectivity index (χ4v) is 2.84. The number of amides is 1. The van der Waals surface area contributed by atoms with Crippen molar-refractivity contribution in [2.45, 2.75) is 26.0 Å². The van der Waals surface area contributed by atoms with E-state index in [0.29, 0.717) is 13.1 Å². The van der Waals surface area contributed by atoms with Crippen LogP contribution >= 0.6 is 0 Å². The summed E-state index contributed by atoms with van der Waals surface area (Å²) >= 11 is 0. The van der Waals surface area contributed by atoms with Gasteiger partial charge in [0.15, 0.2) is 0 Å². The highest BCUT2D eigenvalue weighted by molar-refractivity contribution is 5.78. The molecule has 1 atom stereocenters. The lowest BCUT2D eigenvalue weighted by Gasteiger charge is -2.08. The molecule has 1 heterocycles. The first-order chi connectivity index (χ1) is 11.2. The molecule has 0 saturated carbocycles. The van der Waals surface area contributed by atoms with Gasteiger partial charge in [-0.25, -0.2) is 0 Å². The molecular weight excluding hydrogens is 288 g/mol. The first kappa shape index (κ1) is 15.6. The van der Waals surface area contributed by atoms with Crippen molar-refractivity contribution < 1.29 is 9.53 Å². The molecule has 0 bridgehead atoms. The minimum absolute atomic E-state index is 0.00400. The van der Waals surface area contributed by atoms with Crippen LogP contribution in [-0.2, 0) is 17.8 Å². The molecule has 23 heavy (non-hydrogen) atoms. The molecule has 3 rings (SSSR count). The van der Waals surface area contributed by atoms with E-state index in [2.05, 4.69) is 60.0 Å². The van der Waals surface area contributed by atoms with Gasteiger partial charge in [0.2, 0.25) is 5.91 Å². The lowest BCUT2D eigenvalue weighted by atomic mass is 10.00. The third-order valence-corrected chi connectivity index (χ3v) is 4.01. The fourth-order valence-electron chi connectivity index (χ4n) is 2.84. The highest BCUT2D eigenvalue weighted by Crippen LogP contribution is 2.32. The summed E-state index contributed by atoms with van der Waals surface area (Å²) < 4.78 is 5.75. The fraction of sp³-hybridized carbons (Fsp3) is 0.316. The van der Waals surface area contributed by atoms with Crippen molar-refractivity contribution in [1.29, 1.82) is 0 Å². The van der Waals surface area contributed by atoms with Gasteiger partial charge in [0, 0.05) is 13.0 Å². The molecule has 0 aromatic heterocycles. The van der Waals surface area contributed by atoms with Gasteiger partial charge in [-0.3, -0.25) is 4.79 Å². The van der Waals surface area contributed by atoms with E-state index in [1.165, 1.54) is 16.7 Å².